The molecule has 28 heavy (non-hydrogen) atoms. The van der Waals surface area contributed by atoms with Gasteiger partial charge in [0.05, 0.1) is 11.9 Å². The van der Waals surface area contributed by atoms with Gasteiger partial charge >= 0.3 is 5.63 Å². The molecule has 154 valence electrons. The Kier molecular flexibility index (Phi) is 4.17. The predicted octanol–water partition coefficient (Wildman–Crippen LogP) is 4.21. The summed E-state index contributed by atoms with van der Waals surface area (Å²) in [5.41, 5.74) is 6.70. The summed E-state index contributed by atoms with van der Waals surface area (Å²) in [7, 11) is 0. The van der Waals surface area contributed by atoms with Crippen molar-refractivity contribution in [1.82, 2.24) is 0 Å². The molecule has 4 aliphatic carbocycles. The Morgan fingerprint density at radius 2 is 1.86 bits per heavy atom. The van der Waals surface area contributed by atoms with E-state index in [0.717, 1.165) is 43.6 Å². The van der Waals surface area contributed by atoms with E-state index in [4.69, 9.17) is 10.2 Å². The summed E-state index contributed by atoms with van der Waals surface area (Å²) < 4.78 is 5.18. The molecule has 0 aromatic carbocycles. The van der Waals surface area contributed by atoms with E-state index in [1.807, 2.05) is 6.07 Å². The smallest absolute Gasteiger partial charge is 0.335 e. The summed E-state index contributed by atoms with van der Waals surface area (Å²) in [4.78, 5) is 11.4. The third-order valence-electron chi connectivity index (χ3n) is 10.0. The van der Waals surface area contributed by atoms with Crippen LogP contribution in [0.4, 0.5) is 0 Å². The van der Waals surface area contributed by atoms with Gasteiger partial charge in [-0.3, -0.25) is 0 Å². The predicted molar refractivity (Wildman–Crippen MR) is 109 cm³/mol. The molecule has 0 spiro atoms. The number of hydrogen-bond acceptors (Lipinski definition) is 4. The van der Waals surface area contributed by atoms with E-state index in [9.17, 15) is 9.90 Å². The SMILES string of the molecule is CC12CCC(N)CC1CCC1C2CCC2(C)C(c3ccc(=O)oc3)CCC12O. The molecule has 0 aliphatic heterocycles. The molecule has 1 heterocycles. The van der Waals surface area contributed by atoms with Crippen molar-refractivity contribution in [3.63, 3.8) is 0 Å². The normalized spacial score (nSPS) is 50.5. The molecule has 8 unspecified atom stereocenters. The van der Waals surface area contributed by atoms with Crippen molar-refractivity contribution >= 4 is 0 Å². The number of aliphatic hydroxyl groups is 1. The highest BCUT2D eigenvalue weighted by Crippen LogP contribution is 2.70. The largest absolute Gasteiger partial charge is 0.431 e. The Morgan fingerprint density at radius 3 is 2.61 bits per heavy atom. The molecule has 0 radical (unpaired) electrons. The van der Waals surface area contributed by atoms with Gasteiger partial charge in [-0.15, -0.1) is 0 Å². The second-order valence-electron chi connectivity index (χ2n) is 10.9. The van der Waals surface area contributed by atoms with Crippen LogP contribution in [-0.4, -0.2) is 16.7 Å². The van der Waals surface area contributed by atoms with Crippen LogP contribution in [-0.2, 0) is 0 Å². The molecule has 0 saturated heterocycles. The van der Waals surface area contributed by atoms with Gasteiger partial charge in [-0.25, -0.2) is 4.79 Å². The van der Waals surface area contributed by atoms with Crippen LogP contribution in [0.5, 0.6) is 0 Å². The van der Waals surface area contributed by atoms with Crippen LogP contribution in [0.3, 0.4) is 0 Å². The topological polar surface area (TPSA) is 76.5 Å². The first-order valence-corrected chi connectivity index (χ1v) is 11.3. The van der Waals surface area contributed by atoms with E-state index in [1.165, 1.54) is 31.7 Å². The van der Waals surface area contributed by atoms with Crippen LogP contribution in [0, 0.1) is 28.6 Å². The zero-order valence-corrected chi connectivity index (χ0v) is 17.3. The minimum atomic E-state index is -0.607. The highest BCUT2D eigenvalue weighted by atomic mass is 16.4. The fraction of sp³-hybridized carbons (Fsp3) is 0.792. The van der Waals surface area contributed by atoms with Gasteiger partial charge in [0.2, 0.25) is 0 Å². The Morgan fingerprint density at radius 1 is 1.04 bits per heavy atom. The van der Waals surface area contributed by atoms with E-state index in [1.54, 1.807) is 6.26 Å². The second kappa shape index (κ2) is 6.18. The maximum atomic E-state index is 12.2. The minimum absolute atomic E-state index is 0.137. The van der Waals surface area contributed by atoms with Gasteiger partial charge < -0.3 is 15.3 Å². The van der Waals surface area contributed by atoms with Crippen LogP contribution in [0.25, 0.3) is 0 Å². The Bertz CT molecular complexity index is 800. The average molecular weight is 386 g/mol. The van der Waals surface area contributed by atoms with E-state index in [2.05, 4.69) is 13.8 Å². The zero-order valence-electron chi connectivity index (χ0n) is 17.3. The van der Waals surface area contributed by atoms with Gasteiger partial charge in [0.15, 0.2) is 0 Å². The van der Waals surface area contributed by atoms with Gasteiger partial charge in [0.25, 0.3) is 0 Å². The molecule has 4 nitrogen and oxygen atoms in total. The minimum Gasteiger partial charge on any atom is -0.431 e. The van der Waals surface area contributed by atoms with Gasteiger partial charge in [0, 0.05) is 17.5 Å². The van der Waals surface area contributed by atoms with Gasteiger partial charge in [0.1, 0.15) is 0 Å². The fourth-order valence-electron chi connectivity index (χ4n) is 8.36. The average Bonchev–Trinajstić information content (AvgIpc) is 2.95. The fourth-order valence-corrected chi connectivity index (χ4v) is 8.36. The van der Waals surface area contributed by atoms with E-state index in [-0.39, 0.29) is 17.0 Å². The number of nitrogens with two attached hydrogens (primary N) is 1. The molecular weight excluding hydrogens is 350 g/mol. The highest BCUT2D eigenvalue weighted by Gasteiger charge is 2.67. The summed E-state index contributed by atoms with van der Waals surface area (Å²) >= 11 is 0. The highest BCUT2D eigenvalue weighted by molar-refractivity contribution is 5.27. The summed E-state index contributed by atoms with van der Waals surface area (Å²) in [6.07, 6.45) is 11.6. The van der Waals surface area contributed by atoms with Crippen LogP contribution in [0.1, 0.15) is 83.1 Å². The molecule has 8 atom stereocenters. The van der Waals surface area contributed by atoms with Gasteiger partial charge in [-0.2, -0.15) is 0 Å². The molecule has 3 N–H and O–H groups in total. The molecule has 4 saturated carbocycles. The van der Waals surface area contributed by atoms with Crippen molar-refractivity contribution in [3.05, 3.63) is 34.4 Å². The molecule has 4 heteroatoms. The standard InChI is InChI=1S/C24H35NO3/c1-22-10-7-17(25)13-16(22)4-5-20-19(22)8-11-23(2)18(9-12-24(20,23)27)15-3-6-21(26)28-14-15/h3,6,14,16-20,27H,4-5,7-13,25H2,1-2H3. The number of rotatable bonds is 1. The van der Waals surface area contributed by atoms with Crippen molar-refractivity contribution in [2.24, 2.45) is 34.3 Å². The van der Waals surface area contributed by atoms with Crippen molar-refractivity contribution in [2.75, 3.05) is 0 Å². The van der Waals surface area contributed by atoms with Crippen molar-refractivity contribution in [3.8, 4) is 0 Å². The third-order valence-corrected chi connectivity index (χ3v) is 10.0. The summed E-state index contributed by atoms with van der Waals surface area (Å²) in [5.74, 6) is 2.01. The molecule has 0 amide bonds. The molecule has 0 bridgehead atoms. The summed E-state index contributed by atoms with van der Waals surface area (Å²) in [5, 5.41) is 12.2. The Labute approximate surface area is 167 Å². The van der Waals surface area contributed by atoms with Crippen LogP contribution >= 0.6 is 0 Å². The molecule has 1 aromatic heterocycles. The van der Waals surface area contributed by atoms with E-state index in [0.29, 0.717) is 23.3 Å². The lowest BCUT2D eigenvalue weighted by molar-refractivity contribution is -0.201. The van der Waals surface area contributed by atoms with Gasteiger partial charge in [-0.1, -0.05) is 13.8 Å². The molecule has 5 rings (SSSR count). The Hall–Kier alpha value is -1.13. The first-order chi connectivity index (χ1) is 13.3. The first-order valence-electron chi connectivity index (χ1n) is 11.3. The van der Waals surface area contributed by atoms with Crippen LogP contribution in [0.15, 0.2) is 27.6 Å². The molecule has 4 fully saturated rings. The maximum Gasteiger partial charge on any atom is 0.335 e. The number of hydrogen-bond donors (Lipinski definition) is 2. The van der Waals surface area contributed by atoms with Crippen molar-refractivity contribution < 1.29 is 9.52 Å². The molecule has 1 aromatic rings. The lowest BCUT2D eigenvalue weighted by Gasteiger charge is -2.63. The lowest BCUT2D eigenvalue weighted by Crippen LogP contribution is -2.62. The number of fused-ring (bicyclic) bond motifs is 5. The molecule has 4 aliphatic rings. The van der Waals surface area contributed by atoms with Crippen molar-refractivity contribution in [1.29, 1.82) is 0 Å². The first kappa shape index (κ1) is 18.9. The third kappa shape index (κ3) is 2.40. The van der Waals surface area contributed by atoms with Crippen molar-refractivity contribution in [2.45, 2.75) is 89.2 Å². The van der Waals surface area contributed by atoms with Crippen LogP contribution in [0.2, 0.25) is 0 Å². The summed E-state index contributed by atoms with van der Waals surface area (Å²) in [6, 6.07) is 3.81. The van der Waals surface area contributed by atoms with E-state index >= 15 is 0 Å². The Balaban J connectivity index is 1.48. The van der Waals surface area contributed by atoms with Gasteiger partial charge in [-0.05, 0) is 98.5 Å². The van der Waals surface area contributed by atoms with Crippen LogP contribution < -0.4 is 11.4 Å². The molecular formula is C24H35NO3. The zero-order chi connectivity index (χ0) is 19.7. The monoisotopic (exact) mass is 385 g/mol. The van der Waals surface area contributed by atoms with E-state index < -0.39 is 5.60 Å². The quantitative estimate of drug-likeness (QED) is 0.759. The summed E-state index contributed by atoms with van der Waals surface area (Å²) in [6.45, 7) is 4.81. The maximum absolute atomic E-state index is 12.2. The second-order valence-corrected chi connectivity index (χ2v) is 10.9. The lowest BCUT2D eigenvalue weighted by atomic mass is 9.43.